The van der Waals surface area contributed by atoms with Crippen LogP contribution < -0.4 is 9.47 Å². The van der Waals surface area contributed by atoms with Crippen molar-refractivity contribution in [2.45, 2.75) is 6.54 Å². The normalized spacial score (nSPS) is 16.6. The molecular weight excluding hydrogens is 354 g/mol. The molecule has 2 aliphatic rings. The molecule has 1 amide bonds. The molecule has 1 aromatic heterocycles. The van der Waals surface area contributed by atoms with Gasteiger partial charge in [-0.25, -0.2) is 0 Å². The van der Waals surface area contributed by atoms with Crippen LogP contribution in [-0.4, -0.2) is 63.4 Å². The van der Waals surface area contributed by atoms with E-state index in [-0.39, 0.29) is 24.1 Å². The summed E-state index contributed by atoms with van der Waals surface area (Å²) < 4.78 is 12.0. The summed E-state index contributed by atoms with van der Waals surface area (Å²) in [6.07, 6.45) is 1.11. The number of carbonyl (C=O) groups excluding carboxylic acids is 1. The van der Waals surface area contributed by atoms with Gasteiger partial charge in [-0.15, -0.1) is 0 Å². The molecule has 0 aliphatic carbocycles. The maximum atomic E-state index is 12.7. The molecule has 0 unspecified atom stereocenters. The molecule has 2 aliphatic heterocycles. The van der Waals surface area contributed by atoms with E-state index in [1.165, 1.54) is 11.7 Å². The van der Waals surface area contributed by atoms with Crippen LogP contribution in [0.1, 0.15) is 16.1 Å². The summed E-state index contributed by atoms with van der Waals surface area (Å²) in [4.78, 5) is 27.1. The fourth-order valence-corrected chi connectivity index (χ4v) is 3.36. The monoisotopic (exact) mass is 373 g/mol. The molecule has 10 heteroatoms. The van der Waals surface area contributed by atoms with Crippen molar-refractivity contribution >= 4 is 11.6 Å². The highest BCUT2D eigenvalue weighted by atomic mass is 16.7. The summed E-state index contributed by atoms with van der Waals surface area (Å²) in [5, 5.41) is 15.0. The molecule has 0 saturated carbocycles. The van der Waals surface area contributed by atoms with Crippen LogP contribution in [-0.2, 0) is 13.6 Å². The molecule has 10 nitrogen and oxygen atoms in total. The van der Waals surface area contributed by atoms with E-state index in [1.54, 1.807) is 4.90 Å². The largest absolute Gasteiger partial charge is 0.454 e. The van der Waals surface area contributed by atoms with Crippen LogP contribution in [0.2, 0.25) is 0 Å². The molecule has 0 spiro atoms. The smallest absolute Gasteiger partial charge is 0.320 e. The van der Waals surface area contributed by atoms with Gasteiger partial charge in [0.25, 0.3) is 5.91 Å². The van der Waals surface area contributed by atoms with Gasteiger partial charge in [0.1, 0.15) is 6.20 Å². The number of hydrogen-bond donors (Lipinski definition) is 0. The quantitative estimate of drug-likeness (QED) is 0.582. The second-order valence-electron chi connectivity index (χ2n) is 6.52. The van der Waals surface area contributed by atoms with Gasteiger partial charge in [0.15, 0.2) is 11.5 Å². The van der Waals surface area contributed by atoms with Crippen molar-refractivity contribution in [2.75, 3.05) is 33.0 Å². The summed E-state index contributed by atoms with van der Waals surface area (Å²) in [6.45, 7) is 3.37. The third-order valence-electron chi connectivity index (χ3n) is 4.82. The predicted octanol–water partition coefficient (Wildman–Crippen LogP) is 1.01. The summed E-state index contributed by atoms with van der Waals surface area (Å²) in [6, 6.07) is 5.88. The lowest BCUT2D eigenvalue weighted by Crippen LogP contribution is -2.48. The molecule has 3 heterocycles. The van der Waals surface area contributed by atoms with Gasteiger partial charge in [-0.3, -0.25) is 24.5 Å². The zero-order valence-corrected chi connectivity index (χ0v) is 14.8. The molecule has 2 aromatic rings. The highest BCUT2D eigenvalue weighted by molar-refractivity contribution is 5.96. The van der Waals surface area contributed by atoms with Crippen LogP contribution in [0.15, 0.2) is 24.4 Å². The van der Waals surface area contributed by atoms with Crippen molar-refractivity contribution in [3.05, 3.63) is 45.8 Å². The molecule has 0 radical (unpaired) electrons. The fraction of sp³-hybridized carbons (Fsp3) is 0.412. The van der Waals surface area contributed by atoms with Gasteiger partial charge >= 0.3 is 5.69 Å². The van der Waals surface area contributed by atoms with Crippen LogP contribution in [0.3, 0.4) is 0 Å². The third-order valence-corrected chi connectivity index (χ3v) is 4.82. The number of nitrogens with zero attached hydrogens (tertiary/aromatic N) is 5. The van der Waals surface area contributed by atoms with E-state index >= 15 is 0 Å². The van der Waals surface area contributed by atoms with E-state index in [4.69, 9.17) is 9.47 Å². The zero-order valence-electron chi connectivity index (χ0n) is 14.8. The second kappa shape index (κ2) is 6.88. The van der Waals surface area contributed by atoms with E-state index < -0.39 is 4.92 Å². The van der Waals surface area contributed by atoms with Gasteiger partial charge in [0.2, 0.25) is 12.5 Å². The van der Waals surface area contributed by atoms with Crippen molar-refractivity contribution < 1.29 is 19.2 Å². The van der Waals surface area contributed by atoms with Crippen LogP contribution in [0, 0.1) is 10.1 Å². The van der Waals surface area contributed by atoms with Gasteiger partial charge in [-0.2, -0.15) is 5.10 Å². The van der Waals surface area contributed by atoms with Gasteiger partial charge in [-0.05, 0) is 17.7 Å². The summed E-state index contributed by atoms with van der Waals surface area (Å²) in [5.41, 5.74) is 0.871. The van der Waals surface area contributed by atoms with Crippen molar-refractivity contribution in [3.63, 3.8) is 0 Å². The topological polar surface area (TPSA) is 103 Å². The van der Waals surface area contributed by atoms with Gasteiger partial charge in [0, 0.05) is 39.8 Å². The minimum absolute atomic E-state index is 0.0178. The number of aromatic nitrogens is 2. The Morgan fingerprint density at radius 3 is 2.70 bits per heavy atom. The predicted molar refractivity (Wildman–Crippen MR) is 93.6 cm³/mol. The number of benzene rings is 1. The van der Waals surface area contributed by atoms with E-state index in [9.17, 15) is 14.9 Å². The molecule has 27 heavy (non-hydrogen) atoms. The first-order chi connectivity index (χ1) is 13.0. The molecule has 0 bridgehead atoms. The minimum atomic E-state index is -0.573. The number of rotatable bonds is 4. The first kappa shape index (κ1) is 17.3. The van der Waals surface area contributed by atoms with Crippen molar-refractivity contribution in [3.8, 4) is 11.5 Å². The Morgan fingerprint density at radius 1 is 1.22 bits per heavy atom. The van der Waals surface area contributed by atoms with E-state index in [0.29, 0.717) is 26.2 Å². The number of aryl methyl sites for hydroxylation is 1. The fourth-order valence-electron chi connectivity index (χ4n) is 3.36. The van der Waals surface area contributed by atoms with Crippen LogP contribution in [0.25, 0.3) is 0 Å². The summed E-state index contributed by atoms with van der Waals surface area (Å²) in [7, 11) is 1.54. The number of fused-ring (bicyclic) bond motifs is 1. The Balaban J connectivity index is 1.38. The lowest BCUT2D eigenvalue weighted by atomic mass is 10.1. The molecule has 142 valence electrons. The SMILES string of the molecule is Cn1ncc([N+](=O)[O-])c1C(=O)N1CCN(Cc2ccc3c(c2)OCO3)CC1. The van der Waals surface area contributed by atoms with Crippen LogP contribution >= 0.6 is 0 Å². The number of ether oxygens (including phenoxy) is 2. The van der Waals surface area contributed by atoms with Crippen molar-refractivity contribution in [1.29, 1.82) is 0 Å². The molecule has 1 fully saturated rings. The standard InChI is InChI=1S/C17H19N5O5/c1-19-16(13(9-18-19)22(24)25)17(23)21-6-4-20(5-7-21)10-12-2-3-14-15(8-12)27-11-26-14/h2-3,8-9H,4-7,10-11H2,1H3. The number of piperazine rings is 1. The van der Waals surface area contributed by atoms with E-state index in [0.717, 1.165) is 29.8 Å². The average molecular weight is 373 g/mol. The Labute approximate surface area is 155 Å². The van der Waals surface area contributed by atoms with Crippen molar-refractivity contribution in [2.24, 2.45) is 7.05 Å². The minimum Gasteiger partial charge on any atom is -0.454 e. The number of amides is 1. The third kappa shape index (κ3) is 3.31. The molecule has 0 N–H and O–H groups in total. The zero-order chi connectivity index (χ0) is 19.0. The van der Waals surface area contributed by atoms with Gasteiger partial charge < -0.3 is 14.4 Å². The molecule has 1 saturated heterocycles. The average Bonchev–Trinajstić information content (AvgIpc) is 3.27. The maximum Gasteiger partial charge on any atom is 0.320 e. The number of hydrogen-bond acceptors (Lipinski definition) is 7. The number of carbonyl (C=O) groups is 1. The lowest BCUT2D eigenvalue weighted by molar-refractivity contribution is -0.385. The molecule has 0 atom stereocenters. The highest BCUT2D eigenvalue weighted by Gasteiger charge is 2.31. The Hall–Kier alpha value is -3.14. The Bertz CT molecular complexity index is 888. The van der Waals surface area contributed by atoms with Crippen molar-refractivity contribution in [1.82, 2.24) is 19.6 Å². The van der Waals surface area contributed by atoms with Crippen LogP contribution in [0.4, 0.5) is 5.69 Å². The van der Waals surface area contributed by atoms with Crippen LogP contribution in [0.5, 0.6) is 11.5 Å². The molecule has 4 rings (SSSR count). The van der Waals surface area contributed by atoms with Gasteiger partial charge in [-0.1, -0.05) is 6.07 Å². The van der Waals surface area contributed by atoms with Gasteiger partial charge in [0.05, 0.1) is 4.92 Å². The first-order valence-electron chi connectivity index (χ1n) is 8.59. The first-order valence-corrected chi connectivity index (χ1v) is 8.59. The van der Waals surface area contributed by atoms with E-state index in [1.807, 2.05) is 18.2 Å². The maximum absolute atomic E-state index is 12.7. The Kier molecular flexibility index (Phi) is 4.40. The number of nitro groups is 1. The molecular formula is C17H19N5O5. The van der Waals surface area contributed by atoms with E-state index in [2.05, 4.69) is 10.00 Å². The summed E-state index contributed by atoms with van der Waals surface area (Å²) in [5.74, 6) is 1.15. The Morgan fingerprint density at radius 2 is 1.96 bits per heavy atom. The lowest BCUT2D eigenvalue weighted by Gasteiger charge is -2.34. The second-order valence-corrected chi connectivity index (χ2v) is 6.52. The highest BCUT2D eigenvalue weighted by Crippen LogP contribution is 2.32. The summed E-state index contributed by atoms with van der Waals surface area (Å²) >= 11 is 0. The molecule has 1 aromatic carbocycles.